The van der Waals surface area contributed by atoms with Crippen molar-refractivity contribution in [1.82, 2.24) is 19.4 Å². The number of nitrogens with one attached hydrogen (secondary N) is 1. The van der Waals surface area contributed by atoms with Crippen molar-refractivity contribution in [3.8, 4) is 0 Å². The second-order valence-electron chi connectivity index (χ2n) is 5.27. The Bertz CT molecular complexity index is 633. The van der Waals surface area contributed by atoms with Crippen LogP contribution in [0.5, 0.6) is 0 Å². The van der Waals surface area contributed by atoms with Crippen molar-refractivity contribution in [3.05, 3.63) is 5.01 Å². The molecule has 1 aromatic heterocycles. The van der Waals surface area contributed by atoms with Gasteiger partial charge in [0, 0.05) is 26.7 Å². The average molecular weight is 363 g/mol. The van der Waals surface area contributed by atoms with Gasteiger partial charge in [0.25, 0.3) is 0 Å². The van der Waals surface area contributed by atoms with Gasteiger partial charge in [-0.15, -0.1) is 10.2 Å². The zero-order valence-electron chi connectivity index (χ0n) is 13.2. The van der Waals surface area contributed by atoms with Crippen LogP contribution < -0.4 is 5.32 Å². The number of sulfonamides is 1. The molecular weight excluding hydrogens is 342 g/mol. The topological polar surface area (TPSA) is 105 Å². The van der Waals surface area contributed by atoms with E-state index in [1.165, 1.54) is 21.9 Å². The van der Waals surface area contributed by atoms with Gasteiger partial charge in [-0.1, -0.05) is 11.3 Å². The normalized spacial score (nSPS) is 17.8. The van der Waals surface area contributed by atoms with Crippen LogP contribution in [0, 0.1) is 0 Å². The minimum absolute atomic E-state index is 0.182. The van der Waals surface area contributed by atoms with E-state index in [9.17, 15) is 13.2 Å². The molecule has 2 rings (SSSR count). The summed E-state index contributed by atoms with van der Waals surface area (Å²) in [5.41, 5.74) is 0. The van der Waals surface area contributed by atoms with Crippen LogP contribution in [0.25, 0.3) is 0 Å². The molecule has 1 amide bonds. The number of rotatable bonds is 6. The fourth-order valence-electron chi connectivity index (χ4n) is 2.28. The quantitative estimate of drug-likeness (QED) is 0.732. The molecular formula is C12H21N5O4S2. The minimum atomic E-state index is -3.17. The number of hydrogen-bond acceptors (Lipinski definition) is 8. The van der Waals surface area contributed by atoms with Crippen LogP contribution in [0.1, 0.15) is 11.4 Å². The van der Waals surface area contributed by atoms with Crippen molar-refractivity contribution < 1.29 is 17.9 Å². The molecule has 130 valence electrons. The molecule has 0 spiro atoms. The lowest BCUT2D eigenvalue weighted by Crippen LogP contribution is -2.37. The van der Waals surface area contributed by atoms with Gasteiger partial charge in [-0.2, -0.15) is 0 Å². The molecule has 1 saturated heterocycles. The fraction of sp³-hybridized carbons (Fsp3) is 0.750. The Morgan fingerprint density at radius 3 is 2.78 bits per heavy atom. The molecule has 1 N–H and O–H groups in total. The van der Waals surface area contributed by atoms with E-state index in [1.54, 1.807) is 7.11 Å². The van der Waals surface area contributed by atoms with E-state index in [4.69, 9.17) is 4.74 Å². The molecule has 0 radical (unpaired) electrons. The second-order valence-corrected chi connectivity index (χ2v) is 8.32. The standard InChI is InChI=1S/C12H21N5O4S2/c1-21-9-11-14-15-12(22-11)13-10(18)8-16-4-3-5-17(7-6-16)23(2,19)20/h3-9H2,1-2H3,(H,13,15,18). The van der Waals surface area contributed by atoms with Gasteiger partial charge in [-0.3, -0.25) is 15.0 Å². The number of ether oxygens (including phenoxy) is 1. The molecule has 1 aliphatic rings. The molecule has 11 heteroatoms. The van der Waals surface area contributed by atoms with Crippen molar-refractivity contribution >= 4 is 32.4 Å². The summed E-state index contributed by atoms with van der Waals surface area (Å²) in [5.74, 6) is -0.182. The Morgan fingerprint density at radius 2 is 2.09 bits per heavy atom. The number of nitrogens with zero attached hydrogens (tertiary/aromatic N) is 4. The fourth-order valence-corrected chi connectivity index (χ4v) is 3.89. The van der Waals surface area contributed by atoms with Crippen molar-refractivity contribution in [3.63, 3.8) is 0 Å². The number of carbonyl (C=O) groups excluding carboxylic acids is 1. The van der Waals surface area contributed by atoms with E-state index in [2.05, 4.69) is 15.5 Å². The number of amides is 1. The highest BCUT2D eigenvalue weighted by Gasteiger charge is 2.22. The van der Waals surface area contributed by atoms with E-state index in [0.29, 0.717) is 49.3 Å². The van der Waals surface area contributed by atoms with Crippen molar-refractivity contribution in [1.29, 1.82) is 0 Å². The minimum Gasteiger partial charge on any atom is -0.377 e. The Kier molecular flexibility index (Phi) is 6.41. The van der Waals surface area contributed by atoms with Crippen LogP contribution in [0.4, 0.5) is 5.13 Å². The molecule has 1 aromatic rings. The molecule has 0 unspecified atom stereocenters. The highest BCUT2D eigenvalue weighted by atomic mass is 32.2. The molecule has 9 nitrogen and oxygen atoms in total. The van der Waals surface area contributed by atoms with Gasteiger partial charge < -0.3 is 4.74 Å². The smallest absolute Gasteiger partial charge is 0.240 e. The SMILES string of the molecule is COCc1nnc(NC(=O)CN2CCCN(S(C)(=O)=O)CC2)s1. The van der Waals surface area contributed by atoms with Crippen LogP contribution >= 0.6 is 11.3 Å². The Labute approximate surface area is 139 Å². The Hall–Kier alpha value is -1.14. The third-order valence-electron chi connectivity index (χ3n) is 3.36. The highest BCUT2D eigenvalue weighted by Crippen LogP contribution is 2.15. The van der Waals surface area contributed by atoms with Crippen LogP contribution in [-0.4, -0.2) is 79.8 Å². The first-order valence-corrected chi connectivity index (χ1v) is 9.83. The van der Waals surface area contributed by atoms with E-state index in [1.807, 2.05) is 4.90 Å². The largest absolute Gasteiger partial charge is 0.377 e. The lowest BCUT2D eigenvalue weighted by molar-refractivity contribution is -0.117. The molecule has 2 heterocycles. The maximum atomic E-state index is 12.1. The molecule has 0 aromatic carbocycles. The van der Waals surface area contributed by atoms with Crippen molar-refractivity contribution in [2.75, 3.05) is 51.4 Å². The summed E-state index contributed by atoms with van der Waals surface area (Å²) in [7, 11) is -1.61. The zero-order chi connectivity index (χ0) is 16.9. The van der Waals surface area contributed by atoms with Gasteiger partial charge in [-0.25, -0.2) is 12.7 Å². The molecule has 0 bridgehead atoms. The first-order valence-electron chi connectivity index (χ1n) is 7.17. The highest BCUT2D eigenvalue weighted by molar-refractivity contribution is 7.88. The molecule has 0 saturated carbocycles. The number of anilines is 1. The number of hydrogen-bond donors (Lipinski definition) is 1. The van der Waals surface area contributed by atoms with Gasteiger partial charge in [-0.05, 0) is 13.0 Å². The summed E-state index contributed by atoms with van der Waals surface area (Å²) >= 11 is 1.27. The third kappa shape index (κ3) is 5.77. The summed E-state index contributed by atoms with van der Waals surface area (Å²) in [5, 5.41) is 11.6. The van der Waals surface area contributed by atoms with Crippen molar-refractivity contribution in [2.24, 2.45) is 0 Å². The van der Waals surface area contributed by atoms with E-state index in [0.717, 1.165) is 0 Å². The van der Waals surface area contributed by atoms with Crippen LogP contribution in [0.3, 0.4) is 0 Å². The summed E-state index contributed by atoms with van der Waals surface area (Å²) < 4.78 is 29.5. The number of methoxy groups -OCH3 is 1. The second kappa shape index (κ2) is 8.11. The molecule has 1 aliphatic heterocycles. The monoisotopic (exact) mass is 363 g/mol. The predicted octanol–water partition coefficient (Wildman–Crippen LogP) is -0.410. The lowest BCUT2D eigenvalue weighted by Gasteiger charge is -2.19. The molecule has 1 fully saturated rings. The number of carbonyl (C=O) groups is 1. The molecule has 0 aliphatic carbocycles. The first-order chi connectivity index (χ1) is 10.9. The van der Waals surface area contributed by atoms with Crippen LogP contribution in [0.15, 0.2) is 0 Å². The number of aromatic nitrogens is 2. The predicted molar refractivity (Wildman–Crippen MR) is 86.7 cm³/mol. The van der Waals surface area contributed by atoms with Crippen LogP contribution in [0.2, 0.25) is 0 Å². The molecule has 23 heavy (non-hydrogen) atoms. The summed E-state index contributed by atoms with van der Waals surface area (Å²) in [4.78, 5) is 14.0. The van der Waals surface area contributed by atoms with E-state index < -0.39 is 10.0 Å². The van der Waals surface area contributed by atoms with Gasteiger partial charge in [0.1, 0.15) is 11.6 Å². The third-order valence-corrected chi connectivity index (χ3v) is 5.48. The summed E-state index contributed by atoms with van der Waals surface area (Å²) in [6.45, 7) is 2.68. The Balaban J connectivity index is 1.83. The lowest BCUT2D eigenvalue weighted by atomic mass is 10.4. The summed E-state index contributed by atoms with van der Waals surface area (Å²) in [6.07, 6.45) is 1.92. The van der Waals surface area contributed by atoms with Gasteiger partial charge in [0.2, 0.25) is 21.1 Å². The zero-order valence-corrected chi connectivity index (χ0v) is 14.8. The first kappa shape index (κ1) is 18.2. The Morgan fingerprint density at radius 1 is 1.30 bits per heavy atom. The van der Waals surface area contributed by atoms with E-state index >= 15 is 0 Å². The maximum absolute atomic E-state index is 12.1. The van der Waals surface area contributed by atoms with Gasteiger partial charge in [0.05, 0.1) is 12.8 Å². The average Bonchev–Trinajstić information content (AvgIpc) is 2.74. The maximum Gasteiger partial charge on any atom is 0.240 e. The molecule has 0 atom stereocenters. The van der Waals surface area contributed by atoms with Gasteiger partial charge in [0.15, 0.2) is 0 Å². The van der Waals surface area contributed by atoms with Crippen molar-refractivity contribution in [2.45, 2.75) is 13.0 Å². The van der Waals surface area contributed by atoms with Crippen LogP contribution in [-0.2, 0) is 26.2 Å². The van der Waals surface area contributed by atoms with E-state index in [-0.39, 0.29) is 12.5 Å². The van der Waals surface area contributed by atoms with Gasteiger partial charge >= 0.3 is 0 Å². The summed E-state index contributed by atoms with van der Waals surface area (Å²) in [6, 6.07) is 0.